The molecule has 0 aliphatic carbocycles. The molecule has 0 radical (unpaired) electrons. The predicted octanol–water partition coefficient (Wildman–Crippen LogP) is 3.66. The van der Waals surface area contributed by atoms with Crippen molar-refractivity contribution in [3.63, 3.8) is 0 Å². The highest BCUT2D eigenvalue weighted by atomic mass is 32.1. The fourth-order valence-electron chi connectivity index (χ4n) is 2.14. The standard InChI is InChI=1S/C16H22NO2S/c1-4-17-14-12-13(18-3)9-10-15(14)20-16(17)8-6-7-11-19-5-2/h6,8-10,12H,4-5,7,11H2,1-3H3/q+1. The van der Waals surface area contributed by atoms with Crippen molar-refractivity contribution in [3.05, 3.63) is 29.3 Å². The van der Waals surface area contributed by atoms with Crippen molar-refractivity contribution in [1.29, 1.82) is 0 Å². The first-order chi connectivity index (χ1) is 9.80. The second-order valence-electron chi connectivity index (χ2n) is 4.41. The molecule has 0 unspecified atom stereocenters. The number of aromatic nitrogens is 1. The normalized spacial score (nSPS) is 11.6. The van der Waals surface area contributed by atoms with Crippen LogP contribution in [0.15, 0.2) is 24.3 Å². The van der Waals surface area contributed by atoms with E-state index in [9.17, 15) is 0 Å². The fraction of sp³-hybridized carbons (Fsp3) is 0.438. The van der Waals surface area contributed by atoms with Crippen LogP contribution in [0.25, 0.3) is 16.3 Å². The third-order valence-electron chi connectivity index (χ3n) is 3.15. The molecule has 2 rings (SSSR count). The van der Waals surface area contributed by atoms with Gasteiger partial charge in [0.2, 0.25) is 5.52 Å². The number of aryl methyl sites for hydroxylation is 1. The first-order valence-corrected chi connectivity index (χ1v) is 7.86. The Bertz CT molecular complexity index is 589. The summed E-state index contributed by atoms with van der Waals surface area (Å²) in [5, 5.41) is 1.27. The molecule has 4 heteroatoms. The molecule has 0 bridgehead atoms. The third-order valence-corrected chi connectivity index (χ3v) is 4.28. The van der Waals surface area contributed by atoms with Gasteiger partial charge in [-0.15, -0.1) is 0 Å². The Kier molecular flexibility index (Phi) is 5.56. The predicted molar refractivity (Wildman–Crippen MR) is 84.4 cm³/mol. The van der Waals surface area contributed by atoms with Gasteiger partial charge >= 0.3 is 0 Å². The lowest BCUT2D eigenvalue weighted by Crippen LogP contribution is -2.33. The molecule has 3 nitrogen and oxygen atoms in total. The molecule has 2 aromatic rings. The van der Waals surface area contributed by atoms with Crippen molar-refractivity contribution in [2.45, 2.75) is 26.8 Å². The SMILES string of the molecule is CCOCCC=Cc1sc2ccc(OC)cc2[n+]1CC. The summed E-state index contributed by atoms with van der Waals surface area (Å²) in [6.45, 7) is 6.72. The van der Waals surface area contributed by atoms with Crippen LogP contribution in [0.5, 0.6) is 5.75 Å². The molecule has 20 heavy (non-hydrogen) atoms. The highest BCUT2D eigenvalue weighted by molar-refractivity contribution is 7.18. The molecule has 0 atom stereocenters. The van der Waals surface area contributed by atoms with Gasteiger partial charge in [-0.2, -0.15) is 4.57 Å². The van der Waals surface area contributed by atoms with E-state index in [2.05, 4.69) is 35.8 Å². The quantitative estimate of drug-likeness (QED) is 0.574. The fourth-order valence-corrected chi connectivity index (χ4v) is 3.27. The van der Waals surface area contributed by atoms with E-state index < -0.39 is 0 Å². The Hall–Kier alpha value is -1.39. The van der Waals surface area contributed by atoms with Gasteiger partial charge in [0, 0.05) is 12.7 Å². The van der Waals surface area contributed by atoms with Crippen LogP contribution in [0.1, 0.15) is 25.3 Å². The molecular weight excluding hydrogens is 270 g/mol. The molecule has 0 aliphatic rings. The highest BCUT2D eigenvalue weighted by Gasteiger charge is 2.17. The van der Waals surface area contributed by atoms with Crippen molar-refractivity contribution in [1.82, 2.24) is 0 Å². The van der Waals surface area contributed by atoms with Crippen LogP contribution in [0.4, 0.5) is 0 Å². The Balaban J connectivity index is 2.24. The average molecular weight is 292 g/mol. The summed E-state index contributed by atoms with van der Waals surface area (Å²) in [7, 11) is 1.71. The van der Waals surface area contributed by atoms with E-state index in [0.29, 0.717) is 0 Å². The van der Waals surface area contributed by atoms with Gasteiger partial charge < -0.3 is 9.47 Å². The zero-order valence-corrected chi connectivity index (χ0v) is 13.2. The van der Waals surface area contributed by atoms with E-state index in [1.807, 2.05) is 24.3 Å². The molecule has 1 aromatic carbocycles. The molecular formula is C16H22NO2S+. The maximum absolute atomic E-state index is 5.35. The van der Waals surface area contributed by atoms with Gasteiger partial charge in [-0.25, -0.2) is 0 Å². The Morgan fingerprint density at radius 3 is 2.85 bits per heavy atom. The summed E-state index contributed by atoms with van der Waals surface area (Å²) in [5.41, 5.74) is 1.24. The number of thiazole rings is 1. The summed E-state index contributed by atoms with van der Waals surface area (Å²) in [6, 6.07) is 6.25. The second-order valence-corrected chi connectivity index (χ2v) is 5.47. The monoisotopic (exact) mass is 292 g/mol. The largest absolute Gasteiger partial charge is 0.497 e. The lowest BCUT2D eigenvalue weighted by molar-refractivity contribution is -0.665. The lowest BCUT2D eigenvalue weighted by atomic mass is 10.3. The van der Waals surface area contributed by atoms with Crippen molar-refractivity contribution in [3.8, 4) is 5.75 Å². The topological polar surface area (TPSA) is 22.3 Å². The number of fused-ring (bicyclic) bond motifs is 1. The van der Waals surface area contributed by atoms with Gasteiger partial charge in [-0.05, 0) is 32.4 Å². The van der Waals surface area contributed by atoms with Crippen LogP contribution in [-0.4, -0.2) is 20.3 Å². The van der Waals surface area contributed by atoms with E-state index in [0.717, 1.165) is 31.9 Å². The molecule has 0 saturated carbocycles. The Morgan fingerprint density at radius 1 is 1.30 bits per heavy atom. The minimum absolute atomic E-state index is 0.783. The van der Waals surface area contributed by atoms with E-state index >= 15 is 0 Å². The summed E-state index contributed by atoms with van der Waals surface area (Å²) < 4.78 is 14.3. The number of nitrogens with zero attached hydrogens (tertiary/aromatic N) is 1. The van der Waals surface area contributed by atoms with Crippen LogP contribution in [0.2, 0.25) is 0 Å². The number of ether oxygens (including phenoxy) is 2. The third kappa shape index (κ3) is 3.38. The minimum Gasteiger partial charge on any atom is -0.497 e. The lowest BCUT2D eigenvalue weighted by Gasteiger charge is -1.97. The molecule has 0 saturated heterocycles. The molecule has 0 fully saturated rings. The van der Waals surface area contributed by atoms with Gasteiger partial charge in [-0.3, -0.25) is 0 Å². The molecule has 108 valence electrons. The summed E-state index contributed by atoms with van der Waals surface area (Å²) >= 11 is 1.81. The average Bonchev–Trinajstić information content (AvgIpc) is 2.83. The van der Waals surface area contributed by atoms with E-state index in [4.69, 9.17) is 9.47 Å². The minimum atomic E-state index is 0.783. The number of hydrogen-bond donors (Lipinski definition) is 0. The molecule has 0 aliphatic heterocycles. The molecule has 0 spiro atoms. The van der Waals surface area contributed by atoms with Gasteiger partial charge in [0.15, 0.2) is 0 Å². The van der Waals surface area contributed by atoms with Gasteiger partial charge in [-0.1, -0.05) is 17.4 Å². The number of hydrogen-bond acceptors (Lipinski definition) is 3. The van der Waals surface area contributed by atoms with Crippen molar-refractivity contribution in [2.75, 3.05) is 20.3 Å². The highest BCUT2D eigenvalue weighted by Crippen LogP contribution is 2.25. The first-order valence-electron chi connectivity index (χ1n) is 7.04. The molecule has 0 amide bonds. The van der Waals surface area contributed by atoms with Gasteiger partial charge in [0.25, 0.3) is 5.01 Å². The van der Waals surface area contributed by atoms with Crippen LogP contribution >= 0.6 is 11.3 Å². The number of rotatable bonds is 7. The maximum atomic E-state index is 5.35. The zero-order chi connectivity index (χ0) is 14.4. The molecule has 1 aromatic heterocycles. The summed E-state index contributed by atoms with van der Waals surface area (Å²) in [6.07, 6.45) is 5.33. The molecule has 1 heterocycles. The Morgan fingerprint density at radius 2 is 2.15 bits per heavy atom. The summed E-state index contributed by atoms with van der Waals surface area (Å²) in [5.74, 6) is 0.907. The smallest absolute Gasteiger partial charge is 0.262 e. The van der Waals surface area contributed by atoms with E-state index in [1.165, 1.54) is 15.2 Å². The Labute approximate surface area is 124 Å². The van der Waals surface area contributed by atoms with Crippen molar-refractivity contribution >= 4 is 27.6 Å². The number of methoxy groups -OCH3 is 1. The van der Waals surface area contributed by atoms with Crippen LogP contribution < -0.4 is 9.30 Å². The zero-order valence-electron chi connectivity index (χ0n) is 12.4. The van der Waals surface area contributed by atoms with Crippen LogP contribution in [0.3, 0.4) is 0 Å². The first kappa shape index (κ1) is 15.0. The van der Waals surface area contributed by atoms with Crippen LogP contribution in [0, 0.1) is 0 Å². The molecule has 0 N–H and O–H groups in total. The van der Waals surface area contributed by atoms with Gasteiger partial charge in [0.1, 0.15) is 17.0 Å². The van der Waals surface area contributed by atoms with Crippen molar-refractivity contribution < 1.29 is 14.0 Å². The number of benzene rings is 1. The maximum Gasteiger partial charge on any atom is 0.262 e. The van der Waals surface area contributed by atoms with Crippen molar-refractivity contribution in [2.24, 2.45) is 0 Å². The van der Waals surface area contributed by atoms with Gasteiger partial charge in [0.05, 0.1) is 19.8 Å². The van der Waals surface area contributed by atoms with E-state index in [1.54, 1.807) is 7.11 Å². The van der Waals surface area contributed by atoms with E-state index in [-0.39, 0.29) is 0 Å². The second kappa shape index (κ2) is 7.41. The van der Waals surface area contributed by atoms with Crippen LogP contribution in [-0.2, 0) is 11.3 Å². The summed E-state index contributed by atoms with van der Waals surface area (Å²) in [4.78, 5) is 0.